The molecule has 27 heavy (non-hydrogen) atoms. The van der Waals surface area contributed by atoms with Crippen LogP contribution in [0.3, 0.4) is 0 Å². The molecular formula is C19H27N7O. The van der Waals surface area contributed by atoms with Gasteiger partial charge in [0.05, 0.1) is 6.04 Å². The summed E-state index contributed by atoms with van der Waals surface area (Å²) in [5, 5.41) is 13.3. The molecular weight excluding hydrogens is 342 g/mol. The van der Waals surface area contributed by atoms with Crippen LogP contribution in [-0.2, 0) is 4.79 Å². The second kappa shape index (κ2) is 6.15. The molecule has 1 amide bonds. The number of hydrogen-bond acceptors (Lipinski definition) is 6. The summed E-state index contributed by atoms with van der Waals surface area (Å²) < 4.78 is 1.91. The van der Waals surface area contributed by atoms with Crippen molar-refractivity contribution in [3.05, 3.63) is 18.0 Å². The molecule has 1 atom stereocenters. The third kappa shape index (κ3) is 2.77. The van der Waals surface area contributed by atoms with Gasteiger partial charge >= 0.3 is 0 Å². The molecule has 0 radical (unpaired) electrons. The van der Waals surface area contributed by atoms with Crippen LogP contribution < -0.4 is 4.90 Å². The second-order valence-electron chi connectivity index (χ2n) is 8.45. The number of rotatable bonds is 5. The van der Waals surface area contributed by atoms with Crippen molar-refractivity contribution in [3.63, 3.8) is 0 Å². The predicted octanol–water partition coefficient (Wildman–Crippen LogP) is 1.13. The van der Waals surface area contributed by atoms with Crippen LogP contribution in [0, 0.1) is 0 Å². The summed E-state index contributed by atoms with van der Waals surface area (Å²) in [7, 11) is 2.09. The van der Waals surface area contributed by atoms with E-state index in [2.05, 4.69) is 40.9 Å². The number of likely N-dealkylation sites (N-methyl/N-ethyl adjacent to an activating group) is 1. The molecule has 2 saturated heterocycles. The SMILES string of the molecule is CC(C)N1CCC(N(C)C2CN(c3ccc4nnc(C5CC5)n4n3)C2)C1=O. The topological polar surface area (TPSA) is 69.9 Å². The lowest BCUT2D eigenvalue weighted by molar-refractivity contribution is -0.133. The number of amides is 1. The minimum atomic E-state index is 0.0225. The number of aromatic nitrogens is 4. The Balaban J connectivity index is 1.26. The zero-order valence-corrected chi connectivity index (χ0v) is 16.2. The molecule has 8 heteroatoms. The van der Waals surface area contributed by atoms with E-state index in [4.69, 9.17) is 5.10 Å². The van der Waals surface area contributed by atoms with E-state index in [-0.39, 0.29) is 18.0 Å². The van der Waals surface area contributed by atoms with E-state index in [0.717, 1.165) is 43.3 Å². The molecule has 2 aliphatic heterocycles. The van der Waals surface area contributed by atoms with E-state index in [9.17, 15) is 4.79 Å². The standard InChI is InChI=1S/C19H27N7O/c1-12(2)25-9-8-15(19(25)27)23(3)14-10-24(11-14)17-7-6-16-20-21-18(13-4-5-13)26(16)22-17/h6-7,12-15H,4-5,8-11H2,1-3H3. The first-order chi connectivity index (χ1) is 13.0. The zero-order valence-electron chi connectivity index (χ0n) is 16.2. The van der Waals surface area contributed by atoms with Crippen LogP contribution in [0.1, 0.15) is 44.9 Å². The van der Waals surface area contributed by atoms with Gasteiger partial charge < -0.3 is 9.80 Å². The Kier molecular flexibility index (Phi) is 3.86. The van der Waals surface area contributed by atoms with E-state index in [1.165, 1.54) is 12.8 Å². The molecule has 1 aliphatic carbocycles. The predicted molar refractivity (Wildman–Crippen MR) is 102 cm³/mol. The van der Waals surface area contributed by atoms with Gasteiger partial charge in [0.2, 0.25) is 5.91 Å². The molecule has 4 heterocycles. The van der Waals surface area contributed by atoms with Gasteiger partial charge in [-0.2, -0.15) is 4.52 Å². The van der Waals surface area contributed by atoms with E-state index >= 15 is 0 Å². The van der Waals surface area contributed by atoms with Gasteiger partial charge in [0.1, 0.15) is 5.82 Å². The molecule has 1 unspecified atom stereocenters. The molecule has 0 spiro atoms. The van der Waals surface area contributed by atoms with E-state index in [1.807, 2.05) is 21.5 Å². The summed E-state index contributed by atoms with van der Waals surface area (Å²) in [6.07, 6.45) is 3.30. The summed E-state index contributed by atoms with van der Waals surface area (Å²) in [5.41, 5.74) is 0.820. The summed E-state index contributed by atoms with van der Waals surface area (Å²) in [6.45, 7) is 6.86. The number of anilines is 1. The Hall–Kier alpha value is -2.22. The highest BCUT2D eigenvalue weighted by molar-refractivity contribution is 5.84. The average Bonchev–Trinajstić information content (AvgIpc) is 3.23. The van der Waals surface area contributed by atoms with Crippen molar-refractivity contribution >= 4 is 17.4 Å². The van der Waals surface area contributed by atoms with Crippen LogP contribution in [-0.4, -0.2) is 80.3 Å². The highest BCUT2D eigenvalue weighted by atomic mass is 16.2. The van der Waals surface area contributed by atoms with Gasteiger partial charge in [-0.25, -0.2) is 0 Å². The van der Waals surface area contributed by atoms with Gasteiger partial charge in [-0.15, -0.1) is 15.3 Å². The molecule has 3 fully saturated rings. The van der Waals surface area contributed by atoms with E-state index in [0.29, 0.717) is 12.0 Å². The lowest BCUT2D eigenvalue weighted by atomic mass is 10.0. The fourth-order valence-corrected chi connectivity index (χ4v) is 4.29. The molecule has 0 bridgehead atoms. The first-order valence-electron chi connectivity index (χ1n) is 10.0. The molecule has 2 aromatic rings. The molecule has 0 aromatic carbocycles. The maximum Gasteiger partial charge on any atom is 0.240 e. The van der Waals surface area contributed by atoms with Crippen molar-refractivity contribution in [1.29, 1.82) is 0 Å². The van der Waals surface area contributed by atoms with Gasteiger partial charge in [-0.3, -0.25) is 9.69 Å². The molecule has 2 aromatic heterocycles. The number of nitrogens with zero attached hydrogens (tertiary/aromatic N) is 7. The lowest BCUT2D eigenvalue weighted by Gasteiger charge is -2.46. The maximum absolute atomic E-state index is 12.6. The van der Waals surface area contributed by atoms with Crippen molar-refractivity contribution in [3.8, 4) is 0 Å². The maximum atomic E-state index is 12.6. The van der Waals surface area contributed by atoms with Crippen LogP contribution in [0.15, 0.2) is 12.1 Å². The quantitative estimate of drug-likeness (QED) is 0.787. The Morgan fingerprint density at radius 3 is 2.59 bits per heavy atom. The second-order valence-corrected chi connectivity index (χ2v) is 8.45. The van der Waals surface area contributed by atoms with Crippen LogP contribution in [0.2, 0.25) is 0 Å². The van der Waals surface area contributed by atoms with Crippen LogP contribution in [0.4, 0.5) is 5.82 Å². The van der Waals surface area contributed by atoms with Gasteiger partial charge in [-0.05, 0) is 52.3 Å². The Labute approximate surface area is 159 Å². The van der Waals surface area contributed by atoms with Crippen molar-refractivity contribution < 1.29 is 4.79 Å². The van der Waals surface area contributed by atoms with Crippen LogP contribution in [0.25, 0.3) is 5.65 Å². The zero-order chi connectivity index (χ0) is 18.7. The van der Waals surface area contributed by atoms with Gasteiger partial charge in [0, 0.05) is 37.6 Å². The summed E-state index contributed by atoms with van der Waals surface area (Å²) in [4.78, 5) is 19.2. The van der Waals surface area contributed by atoms with Gasteiger partial charge in [0.25, 0.3) is 0 Å². The molecule has 5 rings (SSSR count). The lowest BCUT2D eigenvalue weighted by Crippen LogP contribution is -2.62. The number of carbonyl (C=O) groups is 1. The summed E-state index contributed by atoms with van der Waals surface area (Å²) in [6, 6.07) is 4.73. The van der Waals surface area contributed by atoms with Crippen LogP contribution in [0.5, 0.6) is 0 Å². The Bertz CT molecular complexity index is 868. The number of likely N-dealkylation sites (tertiary alicyclic amines) is 1. The number of fused-ring (bicyclic) bond motifs is 1. The average molecular weight is 369 g/mol. The van der Waals surface area contributed by atoms with Gasteiger partial charge in [0.15, 0.2) is 11.5 Å². The highest BCUT2D eigenvalue weighted by Crippen LogP contribution is 2.39. The number of carbonyl (C=O) groups excluding carboxylic acids is 1. The fourth-order valence-electron chi connectivity index (χ4n) is 4.29. The fraction of sp³-hybridized carbons (Fsp3) is 0.684. The largest absolute Gasteiger partial charge is 0.352 e. The summed E-state index contributed by atoms with van der Waals surface area (Å²) >= 11 is 0. The summed E-state index contributed by atoms with van der Waals surface area (Å²) in [5.74, 6) is 2.76. The van der Waals surface area contributed by atoms with Crippen molar-refractivity contribution in [2.75, 3.05) is 31.6 Å². The van der Waals surface area contributed by atoms with E-state index in [1.54, 1.807) is 0 Å². The molecule has 1 saturated carbocycles. The number of hydrogen-bond donors (Lipinski definition) is 0. The first-order valence-corrected chi connectivity index (χ1v) is 10.0. The Morgan fingerprint density at radius 1 is 1.15 bits per heavy atom. The van der Waals surface area contributed by atoms with Crippen molar-refractivity contribution in [2.45, 2.75) is 57.2 Å². The minimum absolute atomic E-state index is 0.0225. The molecule has 0 N–H and O–H groups in total. The van der Waals surface area contributed by atoms with Crippen LogP contribution >= 0.6 is 0 Å². The molecule has 3 aliphatic rings. The Morgan fingerprint density at radius 2 is 1.93 bits per heavy atom. The van der Waals surface area contributed by atoms with Gasteiger partial charge in [-0.1, -0.05) is 0 Å². The third-order valence-electron chi connectivity index (χ3n) is 6.30. The first kappa shape index (κ1) is 16.9. The smallest absolute Gasteiger partial charge is 0.240 e. The van der Waals surface area contributed by atoms with E-state index < -0.39 is 0 Å². The van der Waals surface area contributed by atoms with Crippen molar-refractivity contribution in [2.24, 2.45) is 0 Å². The van der Waals surface area contributed by atoms with Crippen molar-refractivity contribution in [1.82, 2.24) is 29.6 Å². The molecule has 144 valence electrons. The normalized spacial score (nSPS) is 23.9. The third-order valence-corrected chi connectivity index (χ3v) is 6.30. The monoisotopic (exact) mass is 369 g/mol. The minimum Gasteiger partial charge on any atom is -0.352 e. The molecule has 8 nitrogen and oxygen atoms in total. The highest BCUT2D eigenvalue weighted by Gasteiger charge is 2.41.